The lowest BCUT2D eigenvalue weighted by Gasteiger charge is -2.15. The van der Waals surface area contributed by atoms with Crippen molar-refractivity contribution in [1.82, 2.24) is 0 Å². The lowest BCUT2D eigenvalue weighted by molar-refractivity contribution is 0.0678. The Kier molecular flexibility index (Phi) is 4.43. The number of hydrogen-bond donors (Lipinski definition) is 2. The highest BCUT2D eigenvalue weighted by Crippen LogP contribution is 2.27. The van der Waals surface area contributed by atoms with Crippen LogP contribution in [-0.2, 0) is 4.74 Å². The van der Waals surface area contributed by atoms with Gasteiger partial charge in [-0.2, -0.15) is 0 Å². The molecular formula is C12H15BrN2O3. The molecule has 5 nitrogen and oxygen atoms in total. The summed E-state index contributed by atoms with van der Waals surface area (Å²) >= 11 is 3.36. The number of rotatable bonds is 4. The van der Waals surface area contributed by atoms with Crippen LogP contribution in [0.5, 0.6) is 5.75 Å². The van der Waals surface area contributed by atoms with Crippen LogP contribution in [0.2, 0.25) is 0 Å². The quantitative estimate of drug-likeness (QED) is 0.386. The maximum atomic E-state index is 8.78. The molecule has 1 fully saturated rings. The van der Waals surface area contributed by atoms with E-state index in [1.165, 1.54) is 0 Å². The average molecular weight is 315 g/mol. The van der Waals surface area contributed by atoms with E-state index in [0.717, 1.165) is 23.9 Å². The first-order valence-corrected chi connectivity index (χ1v) is 6.52. The van der Waals surface area contributed by atoms with Gasteiger partial charge in [0.2, 0.25) is 0 Å². The van der Waals surface area contributed by atoms with Crippen molar-refractivity contribution in [3.63, 3.8) is 0 Å². The van der Waals surface area contributed by atoms with Gasteiger partial charge in [-0.3, -0.25) is 0 Å². The smallest absolute Gasteiger partial charge is 0.174 e. The van der Waals surface area contributed by atoms with E-state index in [0.29, 0.717) is 17.9 Å². The molecule has 18 heavy (non-hydrogen) atoms. The highest BCUT2D eigenvalue weighted by molar-refractivity contribution is 9.10. The van der Waals surface area contributed by atoms with Crippen LogP contribution >= 0.6 is 15.9 Å². The minimum absolute atomic E-state index is 0.0183. The number of amidine groups is 1. The van der Waals surface area contributed by atoms with Gasteiger partial charge in [-0.25, -0.2) is 0 Å². The summed E-state index contributed by atoms with van der Waals surface area (Å²) in [5, 5.41) is 11.8. The Morgan fingerprint density at radius 2 is 2.44 bits per heavy atom. The fraction of sp³-hybridized carbons (Fsp3) is 0.417. The molecule has 0 bridgehead atoms. The summed E-state index contributed by atoms with van der Waals surface area (Å²) in [6.07, 6.45) is 2.20. The van der Waals surface area contributed by atoms with Crippen molar-refractivity contribution in [1.29, 1.82) is 0 Å². The van der Waals surface area contributed by atoms with E-state index in [4.69, 9.17) is 20.4 Å². The van der Waals surface area contributed by atoms with Crippen molar-refractivity contribution in [2.75, 3.05) is 13.2 Å². The van der Waals surface area contributed by atoms with Gasteiger partial charge in [-0.05, 0) is 40.9 Å². The van der Waals surface area contributed by atoms with E-state index < -0.39 is 0 Å². The molecule has 0 aliphatic carbocycles. The first-order valence-electron chi connectivity index (χ1n) is 5.73. The second-order valence-corrected chi connectivity index (χ2v) is 4.90. The lowest BCUT2D eigenvalue weighted by Crippen LogP contribution is -2.20. The van der Waals surface area contributed by atoms with Crippen LogP contribution in [-0.4, -0.2) is 30.4 Å². The van der Waals surface area contributed by atoms with Crippen LogP contribution in [0.4, 0.5) is 0 Å². The molecule has 1 saturated heterocycles. The normalized spacial score (nSPS) is 20.1. The van der Waals surface area contributed by atoms with Crippen LogP contribution in [0.15, 0.2) is 27.8 Å². The maximum absolute atomic E-state index is 8.78. The summed E-state index contributed by atoms with van der Waals surface area (Å²) in [5.41, 5.74) is 6.19. The highest BCUT2D eigenvalue weighted by Gasteiger charge is 2.18. The fourth-order valence-electron chi connectivity index (χ4n) is 1.88. The van der Waals surface area contributed by atoms with E-state index in [1.54, 1.807) is 6.07 Å². The molecule has 1 unspecified atom stereocenters. The van der Waals surface area contributed by atoms with Gasteiger partial charge >= 0.3 is 0 Å². The number of hydrogen-bond acceptors (Lipinski definition) is 4. The number of oxime groups is 1. The van der Waals surface area contributed by atoms with Crippen molar-refractivity contribution < 1.29 is 14.7 Å². The Balaban J connectivity index is 2.13. The first kappa shape index (κ1) is 13.2. The molecule has 1 atom stereocenters. The molecule has 0 aromatic heterocycles. The Bertz CT molecular complexity index is 445. The highest BCUT2D eigenvalue weighted by atomic mass is 79.9. The molecule has 98 valence electrons. The Morgan fingerprint density at radius 3 is 3.11 bits per heavy atom. The average Bonchev–Trinajstić information content (AvgIpc) is 2.88. The van der Waals surface area contributed by atoms with Gasteiger partial charge in [0.25, 0.3) is 0 Å². The Hall–Kier alpha value is -1.27. The van der Waals surface area contributed by atoms with Gasteiger partial charge in [0.15, 0.2) is 5.84 Å². The molecule has 0 saturated carbocycles. The summed E-state index contributed by atoms with van der Waals surface area (Å²) in [6.45, 7) is 1.27. The predicted octanol–water partition coefficient (Wildman–Crippen LogP) is 2.10. The lowest BCUT2D eigenvalue weighted by atomic mass is 10.2. The minimum Gasteiger partial charge on any atom is -0.490 e. The van der Waals surface area contributed by atoms with Gasteiger partial charge in [0.05, 0.1) is 11.7 Å². The molecule has 0 radical (unpaired) electrons. The van der Waals surface area contributed by atoms with Crippen molar-refractivity contribution in [2.24, 2.45) is 10.9 Å². The van der Waals surface area contributed by atoms with Crippen molar-refractivity contribution >= 4 is 21.8 Å². The summed E-state index contributed by atoms with van der Waals surface area (Å²) in [4.78, 5) is 0. The summed E-state index contributed by atoms with van der Waals surface area (Å²) in [7, 11) is 0. The van der Waals surface area contributed by atoms with E-state index in [2.05, 4.69) is 21.1 Å². The molecular weight excluding hydrogens is 300 g/mol. The van der Waals surface area contributed by atoms with Gasteiger partial charge in [0, 0.05) is 11.1 Å². The standard InChI is InChI=1S/C12H15BrN2O3/c13-9-4-1-5-10(11(9)12(14)15-16)18-7-8-3-2-6-17-8/h1,4-5,8,16H,2-3,6-7H2,(H2,14,15). The first-order chi connectivity index (χ1) is 8.72. The van der Waals surface area contributed by atoms with Crippen LogP contribution in [0.1, 0.15) is 18.4 Å². The molecule has 3 N–H and O–H groups in total. The number of nitrogens with zero attached hydrogens (tertiary/aromatic N) is 1. The van der Waals surface area contributed by atoms with E-state index in [1.807, 2.05) is 12.1 Å². The van der Waals surface area contributed by atoms with Crippen LogP contribution in [0.25, 0.3) is 0 Å². The SMILES string of the molecule is N/C(=N/O)c1c(Br)cccc1OCC1CCCO1. The topological polar surface area (TPSA) is 77.1 Å². The fourth-order valence-corrected chi connectivity index (χ4v) is 2.43. The van der Waals surface area contributed by atoms with Crippen molar-refractivity contribution in [3.8, 4) is 5.75 Å². The Labute approximate surface area is 114 Å². The number of benzene rings is 1. The number of nitrogens with two attached hydrogens (primary N) is 1. The second kappa shape index (κ2) is 6.06. The summed E-state index contributed by atoms with van der Waals surface area (Å²) < 4.78 is 11.9. The van der Waals surface area contributed by atoms with E-state index >= 15 is 0 Å². The third-order valence-electron chi connectivity index (χ3n) is 2.79. The zero-order valence-electron chi connectivity index (χ0n) is 9.80. The molecule has 1 aliphatic heterocycles. The van der Waals surface area contributed by atoms with Gasteiger partial charge < -0.3 is 20.4 Å². The van der Waals surface area contributed by atoms with Crippen molar-refractivity contribution in [2.45, 2.75) is 18.9 Å². The second-order valence-electron chi connectivity index (χ2n) is 4.04. The third-order valence-corrected chi connectivity index (χ3v) is 3.45. The zero-order chi connectivity index (χ0) is 13.0. The van der Waals surface area contributed by atoms with Crippen molar-refractivity contribution in [3.05, 3.63) is 28.2 Å². The Morgan fingerprint density at radius 1 is 1.61 bits per heavy atom. The van der Waals surface area contributed by atoms with Crippen LogP contribution in [0.3, 0.4) is 0 Å². The molecule has 1 aliphatic rings. The van der Waals surface area contributed by atoms with Crippen LogP contribution < -0.4 is 10.5 Å². The summed E-state index contributed by atoms with van der Waals surface area (Å²) in [6, 6.07) is 5.43. The summed E-state index contributed by atoms with van der Waals surface area (Å²) in [5.74, 6) is 0.597. The van der Waals surface area contributed by atoms with Gasteiger partial charge in [-0.15, -0.1) is 0 Å². The molecule has 6 heteroatoms. The predicted molar refractivity (Wildman–Crippen MR) is 71.1 cm³/mol. The van der Waals surface area contributed by atoms with Gasteiger partial charge in [0.1, 0.15) is 12.4 Å². The monoisotopic (exact) mass is 314 g/mol. The van der Waals surface area contributed by atoms with Gasteiger partial charge in [-0.1, -0.05) is 11.2 Å². The van der Waals surface area contributed by atoms with E-state index in [-0.39, 0.29) is 11.9 Å². The molecule has 1 aromatic carbocycles. The molecule has 2 rings (SSSR count). The minimum atomic E-state index is 0.0183. The third kappa shape index (κ3) is 2.94. The molecule has 1 heterocycles. The number of ether oxygens (including phenoxy) is 2. The van der Waals surface area contributed by atoms with E-state index in [9.17, 15) is 0 Å². The zero-order valence-corrected chi connectivity index (χ0v) is 11.4. The molecule has 0 spiro atoms. The molecule has 0 amide bonds. The largest absolute Gasteiger partial charge is 0.490 e. The molecule has 1 aromatic rings. The van der Waals surface area contributed by atoms with Crippen LogP contribution in [0, 0.1) is 0 Å². The maximum Gasteiger partial charge on any atom is 0.174 e. The number of halogens is 1.